The number of nitrogens with one attached hydrogen (secondary N) is 1. The molecular formula is C13H14ClN3O2. The SMILES string of the molecule is Cc1cnc(C(C)NC(=O)c2c(N)cccc2Cl)o1. The Morgan fingerprint density at radius 2 is 2.26 bits per heavy atom. The summed E-state index contributed by atoms with van der Waals surface area (Å²) >= 11 is 5.98. The van der Waals surface area contributed by atoms with Gasteiger partial charge in [0.15, 0.2) is 0 Å². The molecular weight excluding hydrogens is 266 g/mol. The molecule has 0 aliphatic heterocycles. The number of amides is 1. The number of benzene rings is 1. The molecule has 100 valence electrons. The maximum absolute atomic E-state index is 12.1. The van der Waals surface area contributed by atoms with Crippen LogP contribution in [0, 0.1) is 6.92 Å². The molecule has 1 aromatic heterocycles. The summed E-state index contributed by atoms with van der Waals surface area (Å²) in [5, 5.41) is 3.06. The van der Waals surface area contributed by atoms with Crippen LogP contribution in [0.15, 0.2) is 28.8 Å². The van der Waals surface area contributed by atoms with E-state index < -0.39 is 0 Å². The summed E-state index contributed by atoms with van der Waals surface area (Å²) < 4.78 is 5.35. The van der Waals surface area contributed by atoms with Crippen LogP contribution in [0.5, 0.6) is 0 Å². The van der Waals surface area contributed by atoms with E-state index in [9.17, 15) is 4.79 Å². The maximum atomic E-state index is 12.1. The van der Waals surface area contributed by atoms with Gasteiger partial charge in [0.25, 0.3) is 5.91 Å². The zero-order valence-electron chi connectivity index (χ0n) is 10.6. The van der Waals surface area contributed by atoms with Crippen molar-refractivity contribution in [3.8, 4) is 0 Å². The average molecular weight is 280 g/mol. The second-order valence-corrected chi connectivity index (χ2v) is 4.62. The molecule has 0 radical (unpaired) electrons. The summed E-state index contributed by atoms with van der Waals surface area (Å²) in [5.74, 6) is 0.774. The first-order valence-electron chi connectivity index (χ1n) is 5.76. The molecule has 0 fully saturated rings. The fourth-order valence-corrected chi connectivity index (χ4v) is 1.95. The molecule has 2 aromatic rings. The molecule has 1 atom stereocenters. The van der Waals surface area contributed by atoms with Crippen LogP contribution < -0.4 is 11.1 Å². The van der Waals surface area contributed by atoms with E-state index in [1.807, 2.05) is 0 Å². The molecule has 0 aliphatic carbocycles. The Labute approximate surface area is 115 Å². The van der Waals surface area contributed by atoms with Gasteiger partial charge >= 0.3 is 0 Å². The molecule has 1 unspecified atom stereocenters. The van der Waals surface area contributed by atoms with Crippen LogP contribution in [0.3, 0.4) is 0 Å². The zero-order chi connectivity index (χ0) is 14.0. The number of aromatic nitrogens is 1. The largest absolute Gasteiger partial charge is 0.444 e. The summed E-state index contributed by atoms with van der Waals surface area (Å²) in [5.41, 5.74) is 6.35. The molecule has 6 heteroatoms. The Balaban J connectivity index is 2.17. The Morgan fingerprint density at radius 3 is 2.84 bits per heavy atom. The summed E-state index contributed by atoms with van der Waals surface area (Å²) in [7, 11) is 0. The minimum absolute atomic E-state index is 0.263. The fraction of sp³-hybridized carbons (Fsp3) is 0.231. The minimum atomic E-state index is -0.364. The number of nitrogens with zero attached hydrogens (tertiary/aromatic N) is 1. The molecule has 1 aromatic carbocycles. The topological polar surface area (TPSA) is 81.2 Å². The number of aryl methyl sites for hydroxylation is 1. The van der Waals surface area contributed by atoms with E-state index in [2.05, 4.69) is 10.3 Å². The number of hydrogen-bond acceptors (Lipinski definition) is 4. The predicted molar refractivity (Wildman–Crippen MR) is 73.0 cm³/mol. The van der Waals surface area contributed by atoms with Crippen molar-refractivity contribution in [3.05, 3.63) is 46.6 Å². The molecule has 0 spiro atoms. The van der Waals surface area contributed by atoms with Crippen molar-refractivity contribution in [3.63, 3.8) is 0 Å². The lowest BCUT2D eigenvalue weighted by Gasteiger charge is -2.12. The van der Waals surface area contributed by atoms with Crippen LogP contribution in [-0.2, 0) is 0 Å². The van der Waals surface area contributed by atoms with Crippen LogP contribution in [0.4, 0.5) is 5.69 Å². The predicted octanol–water partition coefficient (Wildman–Crippen LogP) is 2.71. The first-order valence-corrected chi connectivity index (χ1v) is 6.14. The van der Waals surface area contributed by atoms with Gasteiger partial charge in [-0.05, 0) is 26.0 Å². The van der Waals surface area contributed by atoms with Gasteiger partial charge in [-0.1, -0.05) is 17.7 Å². The summed E-state index contributed by atoms with van der Waals surface area (Å²) in [6.07, 6.45) is 1.60. The standard InChI is InChI=1S/C13H14ClN3O2/c1-7-6-16-13(19-7)8(2)17-12(18)11-9(14)4-3-5-10(11)15/h3-6,8H,15H2,1-2H3,(H,17,18). The van der Waals surface area contributed by atoms with Gasteiger partial charge in [0, 0.05) is 5.69 Å². The molecule has 3 N–H and O–H groups in total. The van der Waals surface area contributed by atoms with E-state index in [1.165, 1.54) is 0 Å². The van der Waals surface area contributed by atoms with Crippen LogP contribution in [0.2, 0.25) is 5.02 Å². The molecule has 1 amide bonds. The summed E-state index contributed by atoms with van der Waals surface area (Å²) in [6, 6.07) is 4.57. The quantitative estimate of drug-likeness (QED) is 0.847. The van der Waals surface area contributed by atoms with Gasteiger partial charge in [0.05, 0.1) is 16.8 Å². The first-order chi connectivity index (χ1) is 8.99. The van der Waals surface area contributed by atoms with Gasteiger partial charge in [-0.15, -0.1) is 0 Å². The molecule has 0 bridgehead atoms. The second-order valence-electron chi connectivity index (χ2n) is 4.21. The van der Waals surface area contributed by atoms with Gasteiger partial charge in [0.1, 0.15) is 11.8 Å². The highest BCUT2D eigenvalue weighted by Crippen LogP contribution is 2.23. The number of nitrogen functional groups attached to an aromatic ring is 1. The summed E-state index contributed by atoms with van der Waals surface area (Å²) in [6.45, 7) is 3.56. The number of rotatable bonds is 3. The number of oxazole rings is 1. The Hall–Kier alpha value is -2.01. The van der Waals surface area contributed by atoms with E-state index in [0.717, 1.165) is 0 Å². The molecule has 0 aliphatic rings. The van der Waals surface area contributed by atoms with Gasteiger partial charge in [0.2, 0.25) is 5.89 Å². The smallest absolute Gasteiger partial charge is 0.255 e. The van der Waals surface area contributed by atoms with Crippen LogP contribution in [0.25, 0.3) is 0 Å². The Morgan fingerprint density at radius 1 is 1.53 bits per heavy atom. The second kappa shape index (κ2) is 5.32. The highest BCUT2D eigenvalue weighted by Gasteiger charge is 2.19. The van der Waals surface area contributed by atoms with Crippen molar-refractivity contribution in [2.24, 2.45) is 0 Å². The Bertz CT molecular complexity index is 589. The van der Waals surface area contributed by atoms with Crippen LogP contribution >= 0.6 is 11.6 Å². The normalized spacial score (nSPS) is 12.2. The molecule has 2 rings (SSSR count). The van der Waals surface area contributed by atoms with Gasteiger partial charge < -0.3 is 15.5 Å². The zero-order valence-corrected chi connectivity index (χ0v) is 11.4. The van der Waals surface area contributed by atoms with E-state index in [1.54, 1.807) is 38.2 Å². The van der Waals surface area contributed by atoms with Gasteiger partial charge in [-0.25, -0.2) is 4.98 Å². The van der Waals surface area contributed by atoms with Crippen molar-refractivity contribution < 1.29 is 9.21 Å². The fourth-order valence-electron chi connectivity index (χ4n) is 1.68. The average Bonchev–Trinajstić information content (AvgIpc) is 2.75. The maximum Gasteiger partial charge on any atom is 0.255 e. The lowest BCUT2D eigenvalue weighted by atomic mass is 10.1. The molecule has 5 nitrogen and oxygen atoms in total. The first kappa shape index (κ1) is 13.4. The molecule has 0 saturated heterocycles. The van der Waals surface area contributed by atoms with Crippen molar-refractivity contribution >= 4 is 23.2 Å². The lowest BCUT2D eigenvalue weighted by molar-refractivity contribution is 0.0935. The van der Waals surface area contributed by atoms with Crippen molar-refractivity contribution in [2.75, 3.05) is 5.73 Å². The third kappa shape index (κ3) is 2.88. The van der Waals surface area contributed by atoms with Gasteiger partial charge in [-0.2, -0.15) is 0 Å². The van der Waals surface area contributed by atoms with E-state index >= 15 is 0 Å². The summed E-state index contributed by atoms with van der Waals surface area (Å²) in [4.78, 5) is 16.2. The third-order valence-electron chi connectivity index (χ3n) is 2.63. The number of carbonyl (C=O) groups excluding carboxylic acids is 1. The van der Waals surface area contributed by atoms with E-state index in [0.29, 0.717) is 22.4 Å². The van der Waals surface area contributed by atoms with E-state index in [4.69, 9.17) is 21.8 Å². The lowest BCUT2D eigenvalue weighted by Crippen LogP contribution is -2.27. The third-order valence-corrected chi connectivity index (χ3v) is 2.95. The molecule has 0 saturated carbocycles. The van der Waals surface area contributed by atoms with E-state index in [-0.39, 0.29) is 17.5 Å². The molecule has 19 heavy (non-hydrogen) atoms. The highest BCUT2D eigenvalue weighted by molar-refractivity contribution is 6.34. The van der Waals surface area contributed by atoms with Gasteiger partial charge in [-0.3, -0.25) is 4.79 Å². The Kier molecular flexibility index (Phi) is 3.76. The monoisotopic (exact) mass is 279 g/mol. The molecule has 1 heterocycles. The highest BCUT2D eigenvalue weighted by atomic mass is 35.5. The minimum Gasteiger partial charge on any atom is -0.444 e. The van der Waals surface area contributed by atoms with Crippen LogP contribution in [-0.4, -0.2) is 10.9 Å². The number of halogens is 1. The van der Waals surface area contributed by atoms with Crippen LogP contribution in [0.1, 0.15) is 35.0 Å². The number of carbonyl (C=O) groups is 1. The number of nitrogens with two attached hydrogens (primary N) is 1. The van der Waals surface area contributed by atoms with Crippen molar-refractivity contribution in [1.29, 1.82) is 0 Å². The number of hydrogen-bond donors (Lipinski definition) is 2. The van der Waals surface area contributed by atoms with Crippen molar-refractivity contribution in [2.45, 2.75) is 19.9 Å². The number of anilines is 1. The van der Waals surface area contributed by atoms with Crippen molar-refractivity contribution in [1.82, 2.24) is 10.3 Å².